The molecule has 0 spiro atoms. The zero-order valence-electron chi connectivity index (χ0n) is 27.1. The first-order chi connectivity index (χ1) is 22.5. The minimum absolute atomic E-state index is 0.0536. The molecular formula is C37H41Cl2N3O4S. The average molecular weight is 695 g/mol. The van der Waals surface area contributed by atoms with Crippen LogP contribution in [0.5, 0.6) is 0 Å². The standard InChI is InChI=1S/C37H41Cl2N3O4S/c1-5-27(4)40-37(44)35(23-28-13-8-7-9-14-28)41(24-31-32(38)16-12-17-33(31)39)36(43)25-42(34-18-11-10-15-29(34)6-2)47(45,46)30-21-19-26(3)20-22-30/h7-22,27,35H,5-6,23-25H2,1-4H3,(H,40,44)/t27-,35-/m0/s1. The maximum Gasteiger partial charge on any atom is 0.264 e. The Bertz CT molecular complexity index is 1760. The van der Waals surface area contributed by atoms with Crippen molar-refractivity contribution in [3.63, 3.8) is 0 Å². The second-order valence-corrected chi connectivity index (χ2v) is 14.2. The van der Waals surface area contributed by atoms with E-state index >= 15 is 0 Å². The molecule has 0 radical (unpaired) electrons. The van der Waals surface area contributed by atoms with Crippen LogP contribution in [0.15, 0.2) is 102 Å². The van der Waals surface area contributed by atoms with E-state index in [2.05, 4.69) is 5.32 Å². The molecule has 4 aromatic rings. The minimum Gasteiger partial charge on any atom is -0.352 e. The van der Waals surface area contributed by atoms with Crippen LogP contribution in [0.1, 0.15) is 49.4 Å². The monoisotopic (exact) mass is 693 g/mol. The van der Waals surface area contributed by atoms with Crippen molar-refractivity contribution in [2.45, 2.75) is 70.5 Å². The van der Waals surface area contributed by atoms with Gasteiger partial charge in [0.15, 0.2) is 0 Å². The van der Waals surface area contributed by atoms with Crippen molar-refractivity contribution in [1.82, 2.24) is 10.2 Å². The molecule has 0 aliphatic heterocycles. The number of sulfonamides is 1. The van der Waals surface area contributed by atoms with Crippen LogP contribution in [0.3, 0.4) is 0 Å². The maximum atomic E-state index is 14.7. The molecule has 0 aromatic heterocycles. The van der Waals surface area contributed by atoms with Gasteiger partial charge in [-0.3, -0.25) is 13.9 Å². The highest BCUT2D eigenvalue weighted by atomic mass is 35.5. The summed E-state index contributed by atoms with van der Waals surface area (Å²) in [5.41, 5.74) is 3.34. The lowest BCUT2D eigenvalue weighted by molar-refractivity contribution is -0.140. The van der Waals surface area contributed by atoms with Gasteiger partial charge in [-0.2, -0.15) is 0 Å². The molecule has 4 rings (SSSR count). The van der Waals surface area contributed by atoms with Crippen LogP contribution in [0.25, 0.3) is 0 Å². The smallest absolute Gasteiger partial charge is 0.264 e. The molecule has 0 saturated carbocycles. The third-order valence-electron chi connectivity index (χ3n) is 8.19. The lowest BCUT2D eigenvalue weighted by Crippen LogP contribution is -2.54. The van der Waals surface area contributed by atoms with Crippen LogP contribution < -0.4 is 9.62 Å². The van der Waals surface area contributed by atoms with Gasteiger partial charge in [0.05, 0.1) is 10.6 Å². The van der Waals surface area contributed by atoms with Crippen LogP contribution in [-0.4, -0.2) is 43.8 Å². The van der Waals surface area contributed by atoms with Gasteiger partial charge < -0.3 is 10.2 Å². The summed E-state index contributed by atoms with van der Waals surface area (Å²) >= 11 is 13.2. The molecule has 0 unspecified atom stereocenters. The Morgan fingerprint density at radius 3 is 2.06 bits per heavy atom. The molecule has 7 nitrogen and oxygen atoms in total. The molecule has 0 aliphatic rings. The van der Waals surface area contributed by atoms with E-state index in [-0.39, 0.29) is 29.8 Å². The molecule has 47 heavy (non-hydrogen) atoms. The zero-order chi connectivity index (χ0) is 34.1. The Morgan fingerprint density at radius 2 is 1.45 bits per heavy atom. The Balaban J connectivity index is 1.87. The first kappa shape index (κ1) is 36.0. The van der Waals surface area contributed by atoms with Gasteiger partial charge in [-0.05, 0) is 68.1 Å². The number of para-hydroxylation sites is 1. The highest BCUT2D eigenvalue weighted by molar-refractivity contribution is 7.92. The van der Waals surface area contributed by atoms with Crippen LogP contribution in [0.2, 0.25) is 10.0 Å². The van der Waals surface area contributed by atoms with E-state index < -0.39 is 28.5 Å². The fourth-order valence-electron chi connectivity index (χ4n) is 5.25. The molecule has 248 valence electrons. The highest BCUT2D eigenvalue weighted by Gasteiger charge is 2.36. The number of anilines is 1. The number of aryl methyl sites for hydroxylation is 2. The van der Waals surface area contributed by atoms with E-state index in [1.165, 1.54) is 17.0 Å². The van der Waals surface area contributed by atoms with Gasteiger partial charge in [-0.25, -0.2) is 8.42 Å². The summed E-state index contributed by atoms with van der Waals surface area (Å²) < 4.78 is 29.8. The van der Waals surface area contributed by atoms with E-state index in [0.717, 1.165) is 21.0 Å². The summed E-state index contributed by atoms with van der Waals surface area (Å²) in [5, 5.41) is 3.69. The van der Waals surface area contributed by atoms with Gasteiger partial charge in [0.1, 0.15) is 12.6 Å². The van der Waals surface area contributed by atoms with Gasteiger partial charge in [0.2, 0.25) is 11.8 Å². The SMILES string of the molecule is CCc1ccccc1N(CC(=O)N(Cc1c(Cl)cccc1Cl)[C@@H](Cc1ccccc1)C(=O)N[C@@H](C)CC)S(=O)(=O)c1ccc(C)cc1. The normalized spacial score (nSPS) is 12.6. The third-order valence-corrected chi connectivity index (χ3v) is 10.7. The van der Waals surface area contributed by atoms with Gasteiger partial charge >= 0.3 is 0 Å². The summed E-state index contributed by atoms with van der Waals surface area (Å²) in [6.07, 6.45) is 1.41. The Labute approximate surface area is 288 Å². The second-order valence-electron chi connectivity index (χ2n) is 11.6. The van der Waals surface area contributed by atoms with Gasteiger partial charge in [-0.1, -0.05) is 109 Å². The summed E-state index contributed by atoms with van der Waals surface area (Å²) in [6.45, 7) is 6.99. The molecule has 2 atom stereocenters. The van der Waals surface area contributed by atoms with Crippen molar-refractivity contribution in [3.8, 4) is 0 Å². The summed E-state index contributed by atoms with van der Waals surface area (Å²) in [5.74, 6) is -0.940. The lowest BCUT2D eigenvalue weighted by atomic mass is 10.0. The van der Waals surface area contributed by atoms with Gasteiger partial charge in [0, 0.05) is 34.6 Å². The highest BCUT2D eigenvalue weighted by Crippen LogP contribution is 2.30. The molecule has 0 fully saturated rings. The number of hydrogen-bond acceptors (Lipinski definition) is 4. The fourth-order valence-corrected chi connectivity index (χ4v) is 7.22. The molecule has 0 bridgehead atoms. The van der Waals surface area contributed by atoms with E-state index in [9.17, 15) is 18.0 Å². The van der Waals surface area contributed by atoms with Crippen molar-refractivity contribution in [3.05, 3.63) is 129 Å². The zero-order valence-corrected chi connectivity index (χ0v) is 29.4. The van der Waals surface area contributed by atoms with Crippen molar-refractivity contribution in [2.24, 2.45) is 0 Å². The van der Waals surface area contributed by atoms with E-state index in [4.69, 9.17) is 23.2 Å². The summed E-state index contributed by atoms with van der Waals surface area (Å²) in [4.78, 5) is 30.2. The van der Waals surface area contributed by atoms with Crippen molar-refractivity contribution < 1.29 is 18.0 Å². The topological polar surface area (TPSA) is 86.8 Å². The quantitative estimate of drug-likeness (QED) is 0.147. The summed E-state index contributed by atoms with van der Waals surface area (Å²) in [7, 11) is -4.22. The predicted octanol–water partition coefficient (Wildman–Crippen LogP) is 7.61. The summed E-state index contributed by atoms with van der Waals surface area (Å²) in [6, 6.07) is 26.9. The van der Waals surface area contributed by atoms with Crippen molar-refractivity contribution in [1.29, 1.82) is 0 Å². The third kappa shape index (κ3) is 8.95. The Kier molecular flexibility index (Phi) is 12.5. The number of carbonyl (C=O) groups excluding carboxylic acids is 2. The number of amides is 2. The number of carbonyl (C=O) groups is 2. The number of hydrogen-bond donors (Lipinski definition) is 1. The van der Waals surface area contributed by atoms with Crippen LogP contribution in [0, 0.1) is 6.92 Å². The molecule has 0 saturated heterocycles. The van der Waals surface area contributed by atoms with Gasteiger partial charge in [0.25, 0.3) is 10.0 Å². The molecule has 0 heterocycles. The first-order valence-electron chi connectivity index (χ1n) is 15.7. The molecule has 10 heteroatoms. The van der Waals surface area contributed by atoms with Crippen molar-refractivity contribution >= 4 is 50.7 Å². The number of nitrogens with zero attached hydrogens (tertiary/aromatic N) is 2. The molecule has 2 amide bonds. The lowest BCUT2D eigenvalue weighted by Gasteiger charge is -2.35. The number of rotatable bonds is 14. The van der Waals surface area contributed by atoms with Gasteiger partial charge in [-0.15, -0.1) is 0 Å². The molecular weight excluding hydrogens is 653 g/mol. The van der Waals surface area contributed by atoms with E-state index in [1.54, 1.807) is 42.5 Å². The fraction of sp³-hybridized carbons (Fsp3) is 0.297. The minimum atomic E-state index is -4.22. The number of benzene rings is 4. The number of halogens is 2. The predicted molar refractivity (Wildman–Crippen MR) is 190 cm³/mol. The van der Waals surface area contributed by atoms with Crippen LogP contribution in [0.4, 0.5) is 5.69 Å². The van der Waals surface area contributed by atoms with E-state index in [0.29, 0.717) is 34.1 Å². The molecule has 1 N–H and O–H groups in total. The Hall–Kier alpha value is -3.85. The van der Waals surface area contributed by atoms with Crippen LogP contribution in [-0.2, 0) is 39.0 Å². The average Bonchev–Trinajstić information content (AvgIpc) is 3.06. The largest absolute Gasteiger partial charge is 0.352 e. The molecule has 4 aromatic carbocycles. The van der Waals surface area contributed by atoms with Crippen LogP contribution >= 0.6 is 23.2 Å². The molecule has 0 aliphatic carbocycles. The van der Waals surface area contributed by atoms with E-state index in [1.807, 2.05) is 70.2 Å². The first-order valence-corrected chi connectivity index (χ1v) is 17.9. The second kappa shape index (κ2) is 16.3. The maximum absolute atomic E-state index is 14.7. The number of nitrogens with one attached hydrogen (secondary N) is 1. The van der Waals surface area contributed by atoms with Crippen molar-refractivity contribution in [2.75, 3.05) is 10.8 Å². The Morgan fingerprint density at radius 1 is 0.830 bits per heavy atom.